The first-order valence-electron chi connectivity index (χ1n) is 6.09. The molecular weight excluding hydrogens is 254 g/mol. The molecule has 0 saturated heterocycles. The van der Waals surface area contributed by atoms with Gasteiger partial charge in [-0.15, -0.1) is 0 Å². The molecule has 0 fully saturated rings. The Balaban J connectivity index is 2.46. The van der Waals surface area contributed by atoms with E-state index in [9.17, 15) is 13.6 Å². The minimum Gasteiger partial charge on any atom is -0.435 e. The molecule has 0 aliphatic rings. The predicted octanol–water partition coefficient (Wildman–Crippen LogP) is 2.61. The third-order valence-corrected chi connectivity index (χ3v) is 2.41. The Labute approximate surface area is 111 Å². The molecule has 1 rings (SSSR count). The van der Waals surface area contributed by atoms with Crippen LogP contribution < -0.4 is 15.4 Å². The fraction of sp³-hybridized carbons (Fsp3) is 0.462. The summed E-state index contributed by atoms with van der Waals surface area (Å²) in [5, 5.41) is 5.82. The maximum atomic E-state index is 11.9. The van der Waals surface area contributed by atoms with E-state index in [-0.39, 0.29) is 17.7 Å². The van der Waals surface area contributed by atoms with Crippen molar-refractivity contribution in [3.8, 4) is 5.75 Å². The van der Waals surface area contributed by atoms with E-state index in [4.69, 9.17) is 0 Å². The zero-order valence-electron chi connectivity index (χ0n) is 11.0. The lowest BCUT2D eigenvalue weighted by Gasteiger charge is -2.12. The average Bonchev–Trinajstić information content (AvgIpc) is 2.31. The topological polar surface area (TPSA) is 50.4 Å². The number of ether oxygens (including phenoxy) is 1. The van der Waals surface area contributed by atoms with Crippen molar-refractivity contribution in [2.45, 2.75) is 32.9 Å². The standard InChI is InChI=1S/C13H18F2N2O2/c1-3-16-9(2)8-12(18)17-10-4-6-11(7-5-10)19-13(14)15/h4-7,9,13,16H,3,8H2,1-2H3,(H,17,18). The molecule has 106 valence electrons. The average molecular weight is 272 g/mol. The first-order valence-corrected chi connectivity index (χ1v) is 6.09. The van der Waals surface area contributed by atoms with Crippen molar-refractivity contribution in [2.24, 2.45) is 0 Å². The second-order valence-corrected chi connectivity index (χ2v) is 4.11. The highest BCUT2D eigenvalue weighted by Gasteiger charge is 2.08. The minimum atomic E-state index is -2.85. The van der Waals surface area contributed by atoms with Crippen LogP contribution in [0, 0.1) is 0 Å². The monoisotopic (exact) mass is 272 g/mol. The van der Waals surface area contributed by atoms with Crippen LogP contribution in [0.1, 0.15) is 20.3 Å². The quantitative estimate of drug-likeness (QED) is 0.802. The minimum absolute atomic E-state index is 0.0639. The van der Waals surface area contributed by atoms with Crippen molar-refractivity contribution < 1.29 is 18.3 Å². The fourth-order valence-electron chi connectivity index (χ4n) is 1.63. The predicted molar refractivity (Wildman–Crippen MR) is 69.5 cm³/mol. The van der Waals surface area contributed by atoms with Gasteiger partial charge in [0.1, 0.15) is 5.75 Å². The Morgan fingerprint density at radius 3 is 2.47 bits per heavy atom. The molecule has 0 bridgehead atoms. The Morgan fingerprint density at radius 1 is 1.32 bits per heavy atom. The first kappa shape index (κ1) is 15.4. The second kappa shape index (κ2) is 7.68. The van der Waals surface area contributed by atoms with Crippen molar-refractivity contribution in [3.63, 3.8) is 0 Å². The number of carbonyl (C=O) groups excluding carboxylic acids is 1. The highest BCUT2D eigenvalue weighted by molar-refractivity contribution is 5.91. The van der Waals surface area contributed by atoms with Crippen LogP contribution >= 0.6 is 0 Å². The van der Waals surface area contributed by atoms with Gasteiger partial charge in [0.15, 0.2) is 0 Å². The smallest absolute Gasteiger partial charge is 0.387 e. The number of hydrogen-bond donors (Lipinski definition) is 2. The van der Waals surface area contributed by atoms with Crippen LogP contribution in [0.3, 0.4) is 0 Å². The molecule has 0 aliphatic carbocycles. The van der Waals surface area contributed by atoms with Gasteiger partial charge in [-0.25, -0.2) is 0 Å². The van der Waals surface area contributed by atoms with Crippen LogP contribution in [0.5, 0.6) is 5.75 Å². The summed E-state index contributed by atoms with van der Waals surface area (Å²) < 4.78 is 28.1. The van der Waals surface area contributed by atoms with Gasteiger partial charge in [-0.1, -0.05) is 6.92 Å². The number of alkyl halides is 2. The molecule has 19 heavy (non-hydrogen) atoms. The summed E-state index contributed by atoms with van der Waals surface area (Å²) in [6.07, 6.45) is 0.350. The summed E-state index contributed by atoms with van der Waals surface area (Å²) in [7, 11) is 0. The Kier molecular flexibility index (Phi) is 6.21. The van der Waals surface area contributed by atoms with Crippen LogP contribution in [0.25, 0.3) is 0 Å². The van der Waals surface area contributed by atoms with E-state index in [1.165, 1.54) is 24.3 Å². The summed E-state index contributed by atoms with van der Waals surface area (Å²) in [4.78, 5) is 11.7. The van der Waals surface area contributed by atoms with Gasteiger partial charge < -0.3 is 15.4 Å². The molecular formula is C13H18F2N2O2. The van der Waals surface area contributed by atoms with Gasteiger partial charge in [-0.2, -0.15) is 8.78 Å². The normalized spacial score (nSPS) is 12.3. The van der Waals surface area contributed by atoms with Gasteiger partial charge in [0.25, 0.3) is 0 Å². The largest absolute Gasteiger partial charge is 0.435 e. The van der Waals surface area contributed by atoms with Crippen LogP contribution in [-0.2, 0) is 4.79 Å². The van der Waals surface area contributed by atoms with Crippen molar-refractivity contribution in [2.75, 3.05) is 11.9 Å². The zero-order valence-corrected chi connectivity index (χ0v) is 11.0. The zero-order chi connectivity index (χ0) is 14.3. The van der Waals surface area contributed by atoms with Gasteiger partial charge in [0.05, 0.1) is 0 Å². The molecule has 0 radical (unpaired) electrons. The van der Waals surface area contributed by atoms with E-state index in [1.807, 2.05) is 13.8 Å². The third kappa shape index (κ3) is 6.15. The van der Waals surface area contributed by atoms with Crippen LogP contribution in [0.4, 0.5) is 14.5 Å². The van der Waals surface area contributed by atoms with Gasteiger partial charge in [0, 0.05) is 18.2 Å². The number of carbonyl (C=O) groups is 1. The van der Waals surface area contributed by atoms with Gasteiger partial charge in [0.2, 0.25) is 5.91 Å². The molecule has 6 heteroatoms. The lowest BCUT2D eigenvalue weighted by Crippen LogP contribution is -2.30. The Bertz CT molecular complexity index is 396. The number of rotatable bonds is 7. The third-order valence-electron chi connectivity index (χ3n) is 2.41. The van der Waals surface area contributed by atoms with Crippen LogP contribution in [0.2, 0.25) is 0 Å². The van der Waals surface area contributed by atoms with E-state index in [1.54, 1.807) is 0 Å². The number of amides is 1. The maximum Gasteiger partial charge on any atom is 0.387 e. The SMILES string of the molecule is CCNC(C)CC(=O)Nc1ccc(OC(F)F)cc1. The number of nitrogens with one attached hydrogen (secondary N) is 2. The molecule has 2 N–H and O–H groups in total. The number of benzene rings is 1. The van der Waals surface area contributed by atoms with Crippen LogP contribution in [0.15, 0.2) is 24.3 Å². The highest BCUT2D eigenvalue weighted by atomic mass is 19.3. The molecule has 1 unspecified atom stereocenters. The lowest BCUT2D eigenvalue weighted by molar-refractivity contribution is -0.116. The van der Waals surface area contributed by atoms with Gasteiger partial charge >= 0.3 is 6.61 Å². The van der Waals surface area contributed by atoms with Crippen molar-refractivity contribution in [1.29, 1.82) is 0 Å². The maximum absolute atomic E-state index is 11.9. The van der Waals surface area contributed by atoms with E-state index < -0.39 is 6.61 Å². The molecule has 0 saturated carbocycles. The van der Waals surface area contributed by atoms with Crippen molar-refractivity contribution >= 4 is 11.6 Å². The first-order chi connectivity index (χ1) is 9.01. The van der Waals surface area contributed by atoms with Gasteiger partial charge in [-0.3, -0.25) is 4.79 Å². The van der Waals surface area contributed by atoms with E-state index in [2.05, 4.69) is 15.4 Å². The number of halogens is 2. The van der Waals surface area contributed by atoms with Crippen LogP contribution in [-0.4, -0.2) is 25.1 Å². The molecule has 1 aromatic rings. The number of hydrogen-bond acceptors (Lipinski definition) is 3. The summed E-state index contributed by atoms with van der Waals surface area (Å²) in [5.41, 5.74) is 0.551. The van der Waals surface area contributed by atoms with Gasteiger partial charge in [-0.05, 0) is 37.7 Å². The second-order valence-electron chi connectivity index (χ2n) is 4.11. The summed E-state index contributed by atoms with van der Waals surface area (Å²) in [6, 6.07) is 5.90. The molecule has 1 aromatic carbocycles. The lowest BCUT2D eigenvalue weighted by atomic mass is 10.2. The fourth-order valence-corrected chi connectivity index (χ4v) is 1.63. The molecule has 1 atom stereocenters. The summed E-state index contributed by atoms with van der Waals surface area (Å²) in [6.45, 7) is 1.84. The highest BCUT2D eigenvalue weighted by Crippen LogP contribution is 2.17. The Hall–Kier alpha value is -1.69. The molecule has 4 nitrogen and oxygen atoms in total. The molecule has 1 amide bonds. The van der Waals surface area contributed by atoms with E-state index in [0.29, 0.717) is 12.1 Å². The van der Waals surface area contributed by atoms with E-state index >= 15 is 0 Å². The summed E-state index contributed by atoms with van der Waals surface area (Å²) in [5.74, 6) is -0.0648. The summed E-state index contributed by atoms with van der Waals surface area (Å²) >= 11 is 0. The molecule has 0 heterocycles. The Morgan fingerprint density at radius 2 is 1.95 bits per heavy atom. The number of anilines is 1. The molecule has 0 aliphatic heterocycles. The van der Waals surface area contributed by atoms with Crippen molar-refractivity contribution in [3.05, 3.63) is 24.3 Å². The van der Waals surface area contributed by atoms with E-state index in [0.717, 1.165) is 6.54 Å². The molecule has 0 aromatic heterocycles. The molecule has 0 spiro atoms. The van der Waals surface area contributed by atoms with Crippen molar-refractivity contribution in [1.82, 2.24) is 5.32 Å².